The van der Waals surface area contributed by atoms with Gasteiger partial charge in [0, 0.05) is 17.0 Å². The molecule has 10 heteroatoms. The predicted molar refractivity (Wildman–Crippen MR) is 88.9 cm³/mol. The second-order valence-electron chi connectivity index (χ2n) is 4.91. The van der Waals surface area contributed by atoms with Crippen molar-refractivity contribution in [3.05, 3.63) is 53.2 Å². The van der Waals surface area contributed by atoms with Gasteiger partial charge in [-0.1, -0.05) is 0 Å². The van der Waals surface area contributed by atoms with Crippen LogP contribution in [0.3, 0.4) is 0 Å². The highest BCUT2D eigenvalue weighted by molar-refractivity contribution is 7.93. The number of hydrogen-bond acceptors (Lipinski definition) is 8. The van der Waals surface area contributed by atoms with Crippen molar-refractivity contribution in [2.45, 2.75) is 15.3 Å². The zero-order chi connectivity index (χ0) is 18.0. The van der Waals surface area contributed by atoms with Crippen LogP contribution in [-0.4, -0.2) is 31.8 Å². The second kappa shape index (κ2) is 6.65. The number of carbonyl (C=O) groups is 1. The molecular weight excluding hydrogens is 369 g/mol. The molecule has 128 valence electrons. The third-order valence-corrected chi connectivity index (χ3v) is 6.44. The minimum atomic E-state index is -3.84. The lowest BCUT2D eigenvalue weighted by atomic mass is 10.2. The van der Waals surface area contributed by atoms with Crippen molar-refractivity contribution in [3.8, 4) is 0 Å². The third-order valence-electron chi connectivity index (χ3n) is 3.23. The van der Waals surface area contributed by atoms with Gasteiger partial charge in [0.25, 0.3) is 0 Å². The SMILES string of the molecule is O=C(C=C(O)c1csc(S(=O)(=O)c2ccc(F)cc2)c1)C1N=CN=N1. The summed E-state index contributed by atoms with van der Waals surface area (Å²) in [5.74, 6) is -1.53. The average Bonchev–Trinajstić information content (AvgIpc) is 3.27. The van der Waals surface area contributed by atoms with Crippen LogP contribution in [0.4, 0.5) is 4.39 Å². The summed E-state index contributed by atoms with van der Waals surface area (Å²) in [6.07, 6.45) is 1.02. The lowest BCUT2D eigenvalue weighted by Crippen LogP contribution is -2.11. The maximum Gasteiger partial charge on any atom is 0.224 e. The van der Waals surface area contributed by atoms with E-state index < -0.39 is 33.4 Å². The molecule has 0 fully saturated rings. The number of sulfone groups is 1. The molecule has 0 radical (unpaired) electrons. The first-order chi connectivity index (χ1) is 11.9. The Bertz CT molecular complexity index is 996. The lowest BCUT2D eigenvalue weighted by molar-refractivity contribution is -0.115. The number of ketones is 1. The van der Waals surface area contributed by atoms with Gasteiger partial charge in [-0.2, -0.15) is 5.11 Å². The van der Waals surface area contributed by atoms with E-state index in [1.165, 1.54) is 11.4 Å². The van der Waals surface area contributed by atoms with E-state index in [1.807, 2.05) is 0 Å². The summed E-state index contributed by atoms with van der Waals surface area (Å²) >= 11 is 0.878. The molecule has 2 heterocycles. The molecule has 1 aromatic carbocycles. The number of nitrogens with zero attached hydrogens (tertiary/aromatic N) is 3. The summed E-state index contributed by atoms with van der Waals surface area (Å²) in [5, 5.41) is 18.4. The first-order valence-electron chi connectivity index (χ1n) is 6.83. The standard InChI is InChI=1S/C15H10FN3O4S2/c16-10-1-3-11(4-2-10)25(22,23)14-5-9(7-24-14)12(20)6-13(21)15-17-8-18-19-15/h1-8,15,20H. The van der Waals surface area contributed by atoms with Gasteiger partial charge in [-0.05, 0) is 30.3 Å². The normalized spacial score (nSPS) is 17.2. The number of benzene rings is 1. The summed E-state index contributed by atoms with van der Waals surface area (Å²) in [5.41, 5.74) is 0.165. The van der Waals surface area contributed by atoms with Gasteiger partial charge >= 0.3 is 0 Å². The second-order valence-corrected chi connectivity index (χ2v) is 8.00. The number of aliphatic hydroxyl groups excluding tert-OH is 1. The van der Waals surface area contributed by atoms with E-state index in [9.17, 15) is 22.7 Å². The first kappa shape index (κ1) is 17.1. The molecule has 1 aromatic heterocycles. The van der Waals surface area contributed by atoms with Crippen LogP contribution in [0.5, 0.6) is 0 Å². The summed E-state index contributed by atoms with van der Waals surface area (Å²) in [7, 11) is -3.84. The van der Waals surface area contributed by atoms with Crippen LogP contribution < -0.4 is 0 Å². The van der Waals surface area contributed by atoms with Crippen molar-refractivity contribution in [1.82, 2.24) is 0 Å². The zero-order valence-electron chi connectivity index (χ0n) is 12.4. The van der Waals surface area contributed by atoms with Gasteiger partial charge in [0.15, 0.2) is 0 Å². The molecular formula is C15H10FN3O4S2. The van der Waals surface area contributed by atoms with Crippen molar-refractivity contribution >= 4 is 39.1 Å². The van der Waals surface area contributed by atoms with E-state index in [0.29, 0.717) is 0 Å². The maximum absolute atomic E-state index is 12.9. The van der Waals surface area contributed by atoms with Crippen LogP contribution in [0, 0.1) is 5.82 Å². The Kier molecular flexibility index (Phi) is 4.55. The number of halogens is 1. The van der Waals surface area contributed by atoms with E-state index in [2.05, 4.69) is 15.2 Å². The molecule has 1 aliphatic heterocycles. The van der Waals surface area contributed by atoms with E-state index in [1.54, 1.807) is 0 Å². The number of aliphatic hydroxyl groups is 1. The Morgan fingerprint density at radius 2 is 2.00 bits per heavy atom. The van der Waals surface area contributed by atoms with Gasteiger partial charge in [-0.15, -0.1) is 16.5 Å². The van der Waals surface area contributed by atoms with Gasteiger partial charge in [-0.25, -0.2) is 17.8 Å². The van der Waals surface area contributed by atoms with Crippen molar-refractivity contribution < 1.29 is 22.7 Å². The molecule has 0 amide bonds. The highest BCUT2D eigenvalue weighted by atomic mass is 32.2. The largest absolute Gasteiger partial charge is 0.507 e. The van der Waals surface area contributed by atoms with Crippen LogP contribution in [0.25, 0.3) is 5.76 Å². The van der Waals surface area contributed by atoms with Gasteiger partial charge in [0.1, 0.15) is 22.1 Å². The Balaban J connectivity index is 1.86. The van der Waals surface area contributed by atoms with Gasteiger partial charge < -0.3 is 5.11 Å². The van der Waals surface area contributed by atoms with Crippen LogP contribution in [0.15, 0.2) is 66.1 Å². The number of rotatable bonds is 5. The van der Waals surface area contributed by atoms with Crippen LogP contribution in [0.2, 0.25) is 0 Å². The average molecular weight is 379 g/mol. The molecule has 3 rings (SSSR count). The zero-order valence-corrected chi connectivity index (χ0v) is 14.0. The molecule has 7 nitrogen and oxygen atoms in total. The van der Waals surface area contributed by atoms with E-state index in [-0.39, 0.29) is 14.7 Å². The smallest absolute Gasteiger partial charge is 0.224 e. The molecule has 0 bridgehead atoms. The molecule has 2 aromatic rings. The molecule has 1 N–H and O–H groups in total. The highest BCUT2D eigenvalue weighted by Crippen LogP contribution is 2.29. The lowest BCUT2D eigenvalue weighted by Gasteiger charge is -2.01. The van der Waals surface area contributed by atoms with Crippen LogP contribution in [-0.2, 0) is 14.6 Å². The third kappa shape index (κ3) is 3.54. The number of thiophene rings is 1. The van der Waals surface area contributed by atoms with Gasteiger partial charge in [0.2, 0.25) is 21.8 Å². The fourth-order valence-corrected chi connectivity index (χ4v) is 4.54. The van der Waals surface area contributed by atoms with Crippen LogP contribution in [0.1, 0.15) is 5.56 Å². The van der Waals surface area contributed by atoms with Crippen molar-refractivity contribution in [3.63, 3.8) is 0 Å². The molecule has 1 unspecified atom stereocenters. The first-order valence-corrected chi connectivity index (χ1v) is 9.20. The fraction of sp³-hybridized carbons (Fsp3) is 0.0667. The summed E-state index contributed by atoms with van der Waals surface area (Å²) in [6, 6.07) is 5.66. The Labute approximate surface area is 145 Å². The van der Waals surface area contributed by atoms with E-state index in [4.69, 9.17) is 0 Å². The van der Waals surface area contributed by atoms with E-state index in [0.717, 1.165) is 48.0 Å². The quantitative estimate of drug-likeness (QED) is 0.489. The highest BCUT2D eigenvalue weighted by Gasteiger charge is 2.22. The summed E-state index contributed by atoms with van der Waals surface area (Å²) < 4.78 is 37.9. The molecule has 1 aliphatic rings. The van der Waals surface area contributed by atoms with Gasteiger partial charge in [0.05, 0.1) is 4.90 Å². The number of carbonyl (C=O) groups excluding carboxylic acids is 1. The molecule has 0 aliphatic carbocycles. The summed E-state index contributed by atoms with van der Waals surface area (Å²) in [4.78, 5) is 15.5. The van der Waals surface area contributed by atoms with Gasteiger partial charge in [-0.3, -0.25) is 4.79 Å². The molecule has 0 spiro atoms. The Morgan fingerprint density at radius 1 is 1.28 bits per heavy atom. The molecule has 0 saturated carbocycles. The number of azo groups is 1. The predicted octanol–water partition coefficient (Wildman–Crippen LogP) is 3.01. The maximum atomic E-state index is 12.9. The monoisotopic (exact) mass is 379 g/mol. The van der Waals surface area contributed by atoms with E-state index >= 15 is 0 Å². The minimum Gasteiger partial charge on any atom is -0.507 e. The minimum absolute atomic E-state index is 0.0416. The topological polar surface area (TPSA) is 109 Å². The molecule has 1 atom stereocenters. The molecule has 25 heavy (non-hydrogen) atoms. The fourth-order valence-electron chi connectivity index (χ4n) is 1.96. The van der Waals surface area contributed by atoms with Crippen molar-refractivity contribution in [2.24, 2.45) is 15.2 Å². The number of aliphatic imine (C=N–C) groups is 1. The molecule has 0 saturated heterocycles. The van der Waals surface area contributed by atoms with Crippen molar-refractivity contribution in [1.29, 1.82) is 0 Å². The Hall–Kier alpha value is -2.72. The van der Waals surface area contributed by atoms with Crippen LogP contribution >= 0.6 is 11.3 Å². The van der Waals surface area contributed by atoms with Crippen molar-refractivity contribution in [2.75, 3.05) is 0 Å². The number of hydrogen-bond donors (Lipinski definition) is 1. The summed E-state index contributed by atoms with van der Waals surface area (Å²) in [6.45, 7) is 0. The Morgan fingerprint density at radius 3 is 2.64 bits per heavy atom.